The summed E-state index contributed by atoms with van der Waals surface area (Å²) >= 11 is 12.1. The number of carbonyl (C=O) groups excluding carboxylic acids is 3. The Hall–Kier alpha value is -4.42. The lowest BCUT2D eigenvalue weighted by molar-refractivity contribution is -0.384. The molecule has 0 saturated carbocycles. The molecule has 3 aromatic carbocycles. The first-order chi connectivity index (χ1) is 18.3. The Labute approximate surface area is 227 Å². The van der Waals surface area contributed by atoms with Gasteiger partial charge in [0.25, 0.3) is 17.5 Å². The molecule has 1 aliphatic heterocycles. The highest BCUT2D eigenvalue weighted by atomic mass is 35.5. The number of amides is 4. The van der Waals surface area contributed by atoms with Crippen molar-refractivity contribution >= 4 is 58.5 Å². The topological polar surface area (TPSA) is 119 Å². The summed E-state index contributed by atoms with van der Waals surface area (Å²) in [5, 5.41) is 12.6. The number of nitro benzene ring substituents is 1. The summed E-state index contributed by atoms with van der Waals surface area (Å²) in [6.45, 7) is -0.0552. The fourth-order valence-electron chi connectivity index (χ4n) is 3.53. The molecule has 200 valence electrons. The smallest absolute Gasteiger partial charge is 0.416 e. The number of barbiturate groups is 1. The predicted octanol–water partition coefficient (Wildman–Crippen LogP) is 6.17. The third-order valence-electron chi connectivity index (χ3n) is 5.43. The van der Waals surface area contributed by atoms with Crippen molar-refractivity contribution in [2.24, 2.45) is 0 Å². The van der Waals surface area contributed by atoms with E-state index in [1.807, 2.05) is 5.32 Å². The summed E-state index contributed by atoms with van der Waals surface area (Å²) in [6.07, 6.45) is -3.73. The maximum Gasteiger partial charge on any atom is 0.416 e. The van der Waals surface area contributed by atoms with E-state index in [0.717, 1.165) is 12.1 Å². The monoisotopic (exact) mass is 579 g/mol. The fourth-order valence-corrected chi connectivity index (χ4v) is 3.91. The maximum atomic E-state index is 13.3. The standard InChI is InChI=1S/C25H14Cl2F3N3O6/c26-16-4-8-21(39-12-13-1-5-17(6-2-13)33(37)38)14(9-16)10-18-22(34)31-24(36)32(23(18)35)20-11-15(25(28,29)30)3-7-19(20)27/h1-11H,12H2,(H,31,34,36)/b18-10-. The zero-order valence-electron chi connectivity index (χ0n) is 19.3. The summed E-state index contributed by atoms with van der Waals surface area (Å²) in [6, 6.07) is 10.6. The van der Waals surface area contributed by atoms with Crippen molar-refractivity contribution in [2.45, 2.75) is 12.8 Å². The van der Waals surface area contributed by atoms with Gasteiger partial charge in [-0.05, 0) is 60.2 Å². The number of non-ortho nitro benzene ring substituents is 1. The van der Waals surface area contributed by atoms with Gasteiger partial charge in [0, 0.05) is 22.7 Å². The SMILES string of the molecule is O=C1NC(=O)N(c2cc(C(F)(F)F)ccc2Cl)C(=O)/C1=C\c1cc(Cl)ccc1OCc1ccc([N+](=O)[O-])cc1. The number of rotatable bonds is 6. The second kappa shape index (κ2) is 10.8. The molecule has 4 rings (SSSR count). The van der Waals surface area contributed by atoms with Gasteiger partial charge >= 0.3 is 12.2 Å². The number of ether oxygens (including phenoxy) is 1. The first-order valence-corrected chi connectivity index (χ1v) is 11.5. The molecule has 1 saturated heterocycles. The third kappa shape index (κ3) is 6.02. The normalized spacial score (nSPS) is 14.9. The van der Waals surface area contributed by atoms with Crippen LogP contribution in [0, 0.1) is 10.1 Å². The van der Waals surface area contributed by atoms with Crippen LogP contribution in [0.3, 0.4) is 0 Å². The molecule has 1 fully saturated rings. The van der Waals surface area contributed by atoms with E-state index in [-0.39, 0.29) is 33.7 Å². The molecule has 1 N–H and O–H groups in total. The third-order valence-corrected chi connectivity index (χ3v) is 5.98. The first kappa shape index (κ1) is 27.6. The van der Waals surface area contributed by atoms with Gasteiger partial charge in [-0.1, -0.05) is 23.2 Å². The van der Waals surface area contributed by atoms with Crippen LogP contribution in [0.15, 0.2) is 66.2 Å². The van der Waals surface area contributed by atoms with Gasteiger partial charge in [-0.3, -0.25) is 25.0 Å². The fraction of sp³-hybridized carbons (Fsp3) is 0.0800. The molecule has 1 heterocycles. The Bertz CT molecular complexity index is 1540. The minimum atomic E-state index is -4.79. The molecule has 0 radical (unpaired) electrons. The van der Waals surface area contributed by atoms with Crippen molar-refractivity contribution in [3.8, 4) is 5.75 Å². The Morgan fingerprint density at radius 2 is 1.69 bits per heavy atom. The minimum Gasteiger partial charge on any atom is -0.488 e. The average Bonchev–Trinajstić information content (AvgIpc) is 2.86. The van der Waals surface area contributed by atoms with E-state index in [1.54, 1.807) is 0 Å². The summed E-state index contributed by atoms with van der Waals surface area (Å²) in [7, 11) is 0. The number of hydrogen-bond donors (Lipinski definition) is 1. The lowest BCUT2D eigenvalue weighted by atomic mass is 10.1. The van der Waals surface area contributed by atoms with Crippen molar-refractivity contribution in [2.75, 3.05) is 4.90 Å². The van der Waals surface area contributed by atoms with Crippen molar-refractivity contribution in [1.29, 1.82) is 0 Å². The van der Waals surface area contributed by atoms with Crippen LogP contribution >= 0.6 is 23.2 Å². The zero-order chi connectivity index (χ0) is 28.5. The van der Waals surface area contributed by atoms with Crippen molar-refractivity contribution in [3.05, 3.63) is 103 Å². The van der Waals surface area contributed by atoms with Gasteiger partial charge in [-0.2, -0.15) is 13.2 Å². The molecule has 0 atom stereocenters. The van der Waals surface area contributed by atoms with Crippen molar-refractivity contribution in [1.82, 2.24) is 5.32 Å². The van der Waals surface area contributed by atoms with Crippen LogP contribution < -0.4 is 15.0 Å². The molecule has 1 aliphatic rings. The summed E-state index contributed by atoms with van der Waals surface area (Å²) in [5.74, 6) is -2.19. The van der Waals surface area contributed by atoms with Gasteiger partial charge in [-0.15, -0.1) is 0 Å². The number of nitrogens with one attached hydrogen (secondary N) is 1. The molecule has 0 aromatic heterocycles. The number of benzene rings is 3. The number of anilines is 1. The lowest BCUT2D eigenvalue weighted by Crippen LogP contribution is -2.54. The number of imide groups is 2. The second-order valence-corrected chi connectivity index (χ2v) is 8.86. The van der Waals surface area contributed by atoms with Crippen LogP contribution in [0.2, 0.25) is 10.0 Å². The zero-order valence-corrected chi connectivity index (χ0v) is 20.8. The van der Waals surface area contributed by atoms with Gasteiger partial charge in [-0.25, -0.2) is 9.69 Å². The largest absolute Gasteiger partial charge is 0.488 e. The summed E-state index contributed by atoms with van der Waals surface area (Å²) < 4.78 is 45.5. The number of nitro groups is 1. The van der Waals surface area contributed by atoms with Gasteiger partial charge in [0.15, 0.2) is 0 Å². The molecule has 3 aromatic rings. The predicted molar refractivity (Wildman–Crippen MR) is 134 cm³/mol. The van der Waals surface area contributed by atoms with E-state index in [9.17, 15) is 37.7 Å². The van der Waals surface area contributed by atoms with E-state index >= 15 is 0 Å². The van der Waals surface area contributed by atoms with Crippen LogP contribution in [0.1, 0.15) is 16.7 Å². The minimum absolute atomic E-state index is 0.0552. The molecule has 9 nitrogen and oxygen atoms in total. The highest BCUT2D eigenvalue weighted by Gasteiger charge is 2.39. The molecule has 4 amide bonds. The number of carbonyl (C=O) groups is 3. The molecule has 0 unspecified atom stereocenters. The molecule has 39 heavy (non-hydrogen) atoms. The Kier molecular flexibility index (Phi) is 7.61. The molecule has 0 bridgehead atoms. The van der Waals surface area contributed by atoms with Crippen LogP contribution in [-0.2, 0) is 22.4 Å². The molecular weight excluding hydrogens is 566 g/mol. The van der Waals surface area contributed by atoms with E-state index in [0.29, 0.717) is 22.6 Å². The van der Waals surface area contributed by atoms with Gasteiger partial charge in [0.2, 0.25) is 0 Å². The highest BCUT2D eigenvalue weighted by Crippen LogP contribution is 2.37. The number of halogens is 5. The summed E-state index contributed by atoms with van der Waals surface area (Å²) in [4.78, 5) is 48.9. The number of nitrogens with zero attached hydrogens (tertiary/aromatic N) is 2. The molecular formula is C25H14Cl2F3N3O6. The van der Waals surface area contributed by atoms with Crippen LogP contribution in [-0.4, -0.2) is 22.8 Å². The maximum absolute atomic E-state index is 13.3. The van der Waals surface area contributed by atoms with Crippen LogP contribution in [0.4, 0.5) is 29.3 Å². The number of urea groups is 1. The summed E-state index contributed by atoms with van der Waals surface area (Å²) in [5.41, 5.74) is -1.76. The van der Waals surface area contributed by atoms with Gasteiger partial charge in [0.1, 0.15) is 17.9 Å². The molecule has 14 heteroatoms. The Balaban J connectivity index is 1.68. The van der Waals surface area contributed by atoms with E-state index in [4.69, 9.17) is 27.9 Å². The lowest BCUT2D eigenvalue weighted by Gasteiger charge is -2.27. The van der Waals surface area contributed by atoms with Gasteiger partial charge < -0.3 is 4.74 Å². The van der Waals surface area contributed by atoms with E-state index < -0.39 is 45.8 Å². The molecule has 0 aliphatic carbocycles. The molecule has 0 spiro atoms. The average molecular weight is 580 g/mol. The first-order valence-electron chi connectivity index (χ1n) is 10.8. The Morgan fingerprint density at radius 3 is 2.33 bits per heavy atom. The quantitative estimate of drug-likeness (QED) is 0.161. The van der Waals surface area contributed by atoms with Crippen LogP contribution in [0.5, 0.6) is 5.75 Å². The number of hydrogen-bond acceptors (Lipinski definition) is 6. The van der Waals surface area contributed by atoms with Crippen LogP contribution in [0.25, 0.3) is 6.08 Å². The highest BCUT2D eigenvalue weighted by molar-refractivity contribution is 6.42. The van der Waals surface area contributed by atoms with Gasteiger partial charge in [0.05, 0.1) is 21.2 Å². The second-order valence-electron chi connectivity index (χ2n) is 8.02. The Morgan fingerprint density at radius 1 is 1.00 bits per heavy atom. The van der Waals surface area contributed by atoms with Crippen molar-refractivity contribution in [3.63, 3.8) is 0 Å². The number of alkyl halides is 3. The van der Waals surface area contributed by atoms with E-state index in [2.05, 4.69) is 0 Å². The van der Waals surface area contributed by atoms with E-state index in [1.165, 1.54) is 42.5 Å². The van der Waals surface area contributed by atoms with Crippen molar-refractivity contribution < 1.29 is 37.2 Å².